The summed E-state index contributed by atoms with van der Waals surface area (Å²) in [6.45, 7) is 4.10. The van der Waals surface area contributed by atoms with Crippen LogP contribution in [0.3, 0.4) is 0 Å². The Kier molecular flexibility index (Phi) is 5.54. The number of fused-ring (bicyclic) bond motifs is 1. The van der Waals surface area contributed by atoms with Gasteiger partial charge >= 0.3 is 5.97 Å². The smallest absolute Gasteiger partial charge is 0.306 e. The maximum absolute atomic E-state index is 12.0. The maximum Gasteiger partial charge on any atom is 0.306 e. The van der Waals surface area contributed by atoms with Gasteiger partial charge in [-0.05, 0) is 25.3 Å². The van der Waals surface area contributed by atoms with Crippen LogP contribution in [0.25, 0.3) is 0 Å². The quantitative estimate of drug-likeness (QED) is 0.556. The molecule has 3 heteroatoms. The molecule has 0 heterocycles. The molecule has 0 aliphatic heterocycles. The van der Waals surface area contributed by atoms with Crippen molar-refractivity contribution >= 4 is 11.8 Å². The first-order chi connectivity index (χ1) is 10.1. The highest BCUT2D eigenvalue weighted by Crippen LogP contribution is 2.35. The molecule has 2 atom stereocenters. The lowest BCUT2D eigenvalue weighted by Crippen LogP contribution is -2.16. The summed E-state index contributed by atoms with van der Waals surface area (Å²) in [4.78, 5) is 23.9. The van der Waals surface area contributed by atoms with Gasteiger partial charge in [0.15, 0.2) is 5.78 Å². The number of carbonyl (C=O) groups excluding carboxylic acids is 2. The fourth-order valence-corrected chi connectivity index (χ4v) is 2.95. The second-order valence-electron chi connectivity index (χ2n) is 5.91. The van der Waals surface area contributed by atoms with E-state index >= 15 is 0 Å². The van der Waals surface area contributed by atoms with Crippen molar-refractivity contribution in [2.45, 2.75) is 64.4 Å². The second kappa shape index (κ2) is 7.39. The van der Waals surface area contributed by atoms with Gasteiger partial charge in [-0.3, -0.25) is 9.59 Å². The van der Waals surface area contributed by atoms with Crippen LogP contribution in [0.15, 0.2) is 24.3 Å². The number of esters is 1. The molecule has 2 unspecified atom stereocenters. The Bertz CT molecular complexity index is 507. The Morgan fingerprint density at radius 1 is 1.33 bits per heavy atom. The van der Waals surface area contributed by atoms with Crippen LogP contribution in [0.1, 0.15) is 74.2 Å². The summed E-state index contributed by atoms with van der Waals surface area (Å²) >= 11 is 0. The third-order valence-corrected chi connectivity index (χ3v) is 4.09. The first-order valence-corrected chi connectivity index (χ1v) is 7.93. The van der Waals surface area contributed by atoms with E-state index in [1.807, 2.05) is 31.2 Å². The maximum atomic E-state index is 12.0. The van der Waals surface area contributed by atoms with Crippen LogP contribution in [0.5, 0.6) is 0 Å². The molecule has 0 saturated heterocycles. The Morgan fingerprint density at radius 3 is 2.86 bits per heavy atom. The zero-order valence-corrected chi connectivity index (χ0v) is 12.9. The van der Waals surface area contributed by atoms with Gasteiger partial charge in [-0.15, -0.1) is 0 Å². The summed E-state index contributed by atoms with van der Waals surface area (Å²) in [6.07, 6.45) is 5.06. The van der Waals surface area contributed by atoms with E-state index in [2.05, 4.69) is 6.92 Å². The van der Waals surface area contributed by atoms with Crippen LogP contribution in [0.4, 0.5) is 0 Å². The van der Waals surface area contributed by atoms with Gasteiger partial charge in [-0.1, -0.05) is 44.0 Å². The second-order valence-corrected chi connectivity index (χ2v) is 5.91. The molecule has 0 bridgehead atoms. The molecule has 114 valence electrons. The molecular weight excluding hydrogens is 264 g/mol. The lowest BCUT2D eigenvalue weighted by Gasteiger charge is -2.15. The third kappa shape index (κ3) is 4.16. The minimum absolute atomic E-state index is 0.0101. The molecule has 2 rings (SSSR count). The molecule has 0 spiro atoms. The van der Waals surface area contributed by atoms with Crippen molar-refractivity contribution in [2.75, 3.05) is 0 Å². The van der Waals surface area contributed by atoms with Crippen molar-refractivity contribution in [3.05, 3.63) is 35.4 Å². The van der Waals surface area contributed by atoms with E-state index < -0.39 is 0 Å². The van der Waals surface area contributed by atoms with Gasteiger partial charge in [0.05, 0.1) is 12.5 Å². The number of hydrogen-bond donors (Lipinski definition) is 0. The van der Waals surface area contributed by atoms with Crippen LogP contribution in [0, 0.1) is 0 Å². The van der Waals surface area contributed by atoms with Gasteiger partial charge < -0.3 is 4.74 Å². The molecule has 3 nitrogen and oxygen atoms in total. The first-order valence-electron chi connectivity index (χ1n) is 7.93. The lowest BCUT2D eigenvalue weighted by molar-refractivity contribution is -0.149. The number of benzene rings is 1. The van der Waals surface area contributed by atoms with Crippen LogP contribution in [-0.2, 0) is 9.53 Å². The van der Waals surface area contributed by atoms with E-state index in [0.29, 0.717) is 12.8 Å². The van der Waals surface area contributed by atoms with Crippen molar-refractivity contribution in [1.82, 2.24) is 0 Å². The summed E-state index contributed by atoms with van der Waals surface area (Å²) in [6, 6.07) is 7.58. The highest BCUT2D eigenvalue weighted by Gasteiger charge is 2.31. The van der Waals surface area contributed by atoms with Crippen molar-refractivity contribution in [3.63, 3.8) is 0 Å². The van der Waals surface area contributed by atoms with Gasteiger partial charge in [0.1, 0.15) is 0 Å². The predicted octanol–water partition coefficient (Wildman–Crippen LogP) is 4.26. The van der Waals surface area contributed by atoms with Crippen molar-refractivity contribution in [3.8, 4) is 0 Å². The molecule has 21 heavy (non-hydrogen) atoms. The van der Waals surface area contributed by atoms with E-state index in [1.165, 1.54) is 12.8 Å². The lowest BCUT2D eigenvalue weighted by atomic mass is 9.98. The fourth-order valence-electron chi connectivity index (χ4n) is 2.95. The zero-order chi connectivity index (χ0) is 15.2. The van der Waals surface area contributed by atoms with E-state index in [9.17, 15) is 9.59 Å². The fraction of sp³-hybridized carbons (Fsp3) is 0.556. The standard InChI is InChI=1S/C18H24O3/c1-3-4-5-8-13(2)21-18(20)12-14-11-17(19)16-10-7-6-9-15(14)16/h6-7,9-10,13-14H,3-5,8,11-12H2,1-2H3. The van der Waals surface area contributed by atoms with Gasteiger partial charge in [-0.2, -0.15) is 0 Å². The van der Waals surface area contributed by atoms with E-state index in [4.69, 9.17) is 4.74 Å². The first kappa shape index (κ1) is 15.7. The molecule has 0 saturated carbocycles. The van der Waals surface area contributed by atoms with Crippen molar-refractivity contribution in [1.29, 1.82) is 0 Å². The molecule has 0 N–H and O–H groups in total. The largest absolute Gasteiger partial charge is 0.463 e. The van der Waals surface area contributed by atoms with Gasteiger partial charge in [0.2, 0.25) is 0 Å². The molecule has 1 aliphatic carbocycles. The summed E-state index contributed by atoms with van der Waals surface area (Å²) in [5.74, 6) is -0.0584. The highest BCUT2D eigenvalue weighted by atomic mass is 16.5. The van der Waals surface area contributed by atoms with E-state index in [-0.39, 0.29) is 23.8 Å². The average molecular weight is 288 g/mol. The number of carbonyl (C=O) groups is 2. The molecule has 1 aromatic carbocycles. The predicted molar refractivity (Wildman–Crippen MR) is 82.4 cm³/mol. The number of rotatable bonds is 7. The molecule has 0 amide bonds. The molecular formula is C18H24O3. The monoisotopic (exact) mass is 288 g/mol. The number of unbranched alkanes of at least 4 members (excludes halogenated alkanes) is 2. The van der Waals surface area contributed by atoms with Crippen molar-refractivity contribution < 1.29 is 14.3 Å². The number of ketones is 1. The van der Waals surface area contributed by atoms with Gasteiger partial charge in [0, 0.05) is 17.9 Å². The highest BCUT2D eigenvalue weighted by molar-refractivity contribution is 6.01. The Balaban J connectivity index is 1.85. The molecule has 0 radical (unpaired) electrons. The average Bonchev–Trinajstić information content (AvgIpc) is 2.76. The van der Waals surface area contributed by atoms with Crippen LogP contribution in [-0.4, -0.2) is 17.9 Å². The molecule has 1 aromatic rings. The van der Waals surface area contributed by atoms with Crippen LogP contribution in [0.2, 0.25) is 0 Å². The topological polar surface area (TPSA) is 43.4 Å². The van der Waals surface area contributed by atoms with Gasteiger partial charge in [-0.25, -0.2) is 0 Å². The van der Waals surface area contributed by atoms with Crippen molar-refractivity contribution in [2.24, 2.45) is 0 Å². The summed E-state index contributed by atoms with van der Waals surface area (Å²) < 4.78 is 5.46. The Morgan fingerprint density at radius 2 is 2.10 bits per heavy atom. The molecule has 0 fully saturated rings. The summed E-state index contributed by atoms with van der Waals surface area (Å²) in [5, 5.41) is 0. The minimum atomic E-state index is -0.187. The number of ether oxygens (including phenoxy) is 1. The normalized spacial score (nSPS) is 18.4. The Hall–Kier alpha value is -1.64. The van der Waals surface area contributed by atoms with Crippen LogP contribution < -0.4 is 0 Å². The molecule has 0 aromatic heterocycles. The SMILES string of the molecule is CCCCCC(C)OC(=O)CC1CC(=O)c2ccccc21. The number of hydrogen-bond acceptors (Lipinski definition) is 3. The Labute approximate surface area is 126 Å². The molecule has 1 aliphatic rings. The third-order valence-electron chi connectivity index (χ3n) is 4.09. The van der Waals surface area contributed by atoms with Crippen LogP contribution >= 0.6 is 0 Å². The van der Waals surface area contributed by atoms with E-state index in [1.54, 1.807) is 0 Å². The number of Topliss-reactive ketones (excluding diaryl/α,β-unsaturated/α-hetero) is 1. The summed E-state index contributed by atoms with van der Waals surface area (Å²) in [5.41, 5.74) is 1.77. The van der Waals surface area contributed by atoms with Gasteiger partial charge in [0.25, 0.3) is 0 Å². The zero-order valence-electron chi connectivity index (χ0n) is 12.9. The minimum Gasteiger partial charge on any atom is -0.463 e. The van der Waals surface area contributed by atoms with E-state index in [0.717, 1.165) is 24.0 Å². The summed E-state index contributed by atoms with van der Waals surface area (Å²) in [7, 11) is 0.